The van der Waals surface area contributed by atoms with Crippen molar-refractivity contribution in [1.82, 2.24) is 15.2 Å². The van der Waals surface area contributed by atoms with Crippen LogP contribution in [0.3, 0.4) is 0 Å². The Balaban J connectivity index is 0.00000312. The van der Waals surface area contributed by atoms with Crippen LogP contribution in [0.5, 0.6) is 0 Å². The van der Waals surface area contributed by atoms with Gasteiger partial charge in [-0.3, -0.25) is 4.99 Å². The van der Waals surface area contributed by atoms with Gasteiger partial charge in [0.1, 0.15) is 16.8 Å². The van der Waals surface area contributed by atoms with Crippen LogP contribution in [0.4, 0.5) is 8.78 Å². The van der Waals surface area contributed by atoms with Crippen molar-refractivity contribution in [3.8, 4) is 0 Å². The van der Waals surface area contributed by atoms with Crippen molar-refractivity contribution in [2.45, 2.75) is 13.0 Å². The minimum atomic E-state index is -0.452. The number of hydrogen-bond acceptors (Lipinski definition) is 1. The van der Waals surface area contributed by atoms with Crippen LogP contribution in [-0.4, -0.2) is 24.1 Å². The summed E-state index contributed by atoms with van der Waals surface area (Å²) in [4.78, 5) is 4.08. The molecule has 2 aromatic rings. The zero-order valence-electron chi connectivity index (χ0n) is 13.7. The number of nitrogens with zero attached hydrogens (tertiary/aromatic N) is 2. The summed E-state index contributed by atoms with van der Waals surface area (Å²) in [5.74, 6) is -0.333. The highest BCUT2D eigenvalue weighted by molar-refractivity contribution is 14.0. The summed E-state index contributed by atoms with van der Waals surface area (Å²) < 4.78 is 28.5. The Morgan fingerprint density at radius 1 is 1.20 bits per heavy atom. The SMILES string of the molecule is CN=C(NCCc1cc(F)ccc1F)NCc1cc(Cl)c(Cl)n1C.I. The minimum absolute atomic E-state index is 0. The average Bonchev–Trinajstić information content (AvgIpc) is 2.81. The lowest BCUT2D eigenvalue weighted by Gasteiger charge is -2.12. The van der Waals surface area contributed by atoms with E-state index in [9.17, 15) is 8.78 Å². The van der Waals surface area contributed by atoms with Crippen molar-refractivity contribution >= 4 is 53.1 Å². The quantitative estimate of drug-likeness (QED) is 0.366. The topological polar surface area (TPSA) is 41.4 Å². The number of benzene rings is 1. The molecule has 1 heterocycles. The monoisotopic (exact) mass is 502 g/mol. The molecule has 0 radical (unpaired) electrons. The lowest BCUT2D eigenvalue weighted by Crippen LogP contribution is -2.38. The largest absolute Gasteiger partial charge is 0.356 e. The molecule has 138 valence electrons. The highest BCUT2D eigenvalue weighted by atomic mass is 127. The maximum Gasteiger partial charge on any atom is 0.191 e. The van der Waals surface area contributed by atoms with Gasteiger partial charge >= 0.3 is 0 Å². The van der Waals surface area contributed by atoms with Crippen molar-refractivity contribution < 1.29 is 8.78 Å². The third-order valence-electron chi connectivity index (χ3n) is 3.57. The van der Waals surface area contributed by atoms with E-state index in [0.29, 0.717) is 41.2 Å². The minimum Gasteiger partial charge on any atom is -0.356 e. The summed E-state index contributed by atoms with van der Waals surface area (Å²) in [5, 5.41) is 7.12. The summed E-state index contributed by atoms with van der Waals surface area (Å²) in [6, 6.07) is 5.19. The molecule has 0 saturated heterocycles. The van der Waals surface area contributed by atoms with Gasteiger partial charge in [-0.25, -0.2) is 8.78 Å². The lowest BCUT2D eigenvalue weighted by atomic mass is 10.1. The molecule has 2 N–H and O–H groups in total. The molecule has 25 heavy (non-hydrogen) atoms. The Labute approximate surface area is 172 Å². The molecule has 0 amide bonds. The van der Waals surface area contributed by atoms with E-state index in [0.717, 1.165) is 17.8 Å². The van der Waals surface area contributed by atoms with Crippen LogP contribution in [0.15, 0.2) is 29.3 Å². The molecule has 0 saturated carbocycles. The van der Waals surface area contributed by atoms with Crippen LogP contribution in [0.2, 0.25) is 10.2 Å². The van der Waals surface area contributed by atoms with Gasteiger partial charge in [0, 0.05) is 26.3 Å². The number of halogens is 5. The molecule has 4 nitrogen and oxygen atoms in total. The van der Waals surface area contributed by atoms with E-state index in [1.807, 2.05) is 7.05 Å². The summed E-state index contributed by atoms with van der Waals surface area (Å²) >= 11 is 12.0. The fourth-order valence-electron chi connectivity index (χ4n) is 2.20. The van der Waals surface area contributed by atoms with Crippen LogP contribution >= 0.6 is 47.2 Å². The molecule has 0 fully saturated rings. The second-order valence-electron chi connectivity index (χ2n) is 5.17. The van der Waals surface area contributed by atoms with E-state index in [4.69, 9.17) is 23.2 Å². The number of hydrogen-bond donors (Lipinski definition) is 2. The summed E-state index contributed by atoms with van der Waals surface area (Å²) in [5.41, 5.74) is 1.21. The van der Waals surface area contributed by atoms with E-state index in [2.05, 4.69) is 15.6 Å². The maximum absolute atomic E-state index is 13.6. The van der Waals surface area contributed by atoms with Crippen LogP contribution < -0.4 is 10.6 Å². The first-order chi connectivity index (χ1) is 11.4. The molecule has 0 spiro atoms. The number of guanidine groups is 1. The standard InChI is InChI=1S/C16H18Cl2F2N4.HI/c1-21-16(23-9-12-8-13(17)15(18)24(12)2)22-6-5-10-7-11(19)3-4-14(10)20;/h3-4,7-8H,5-6,9H2,1-2H3,(H2,21,22,23);1H. The molecular weight excluding hydrogens is 484 g/mol. The van der Waals surface area contributed by atoms with Gasteiger partial charge in [0.05, 0.1) is 11.6 Å². The van der Waals surface area contributed by atoms with Crippen LogP contribution in [0.1, 0.15) is 11.3 Å². The van der Waals surface area contributed by atoms with Crippen LogP contribution in [-0.2, 0) is 20.0 Å². The molecule has 0 bridgehead atoms. The van der Waals surface area contributed by atoms with Crippen molar-refractivity contribution in [2.75, 3.05) is 13.6 Å². The van der Waals surface area contributed by atoms with Crippen LogP contribution in [0, 0.1) is 11.6 Å². The lowest BCUT2D eigenvalue weighted by molar-refractivity contribution is 0.583. The van der Waals surface area contributed by atoms with E-state index in [1.165, 1.54) is 6.07 Å². The van der Waals surface area contributed by atoms with Crippen molar-refractivity contribution in [3.05, 3.63) is 57.3 Å². The smallest absolute Gasteiger partial charge is 0.191 e. The van der Waals surface area contributed by atoms with Gasteiger partial charge in [-0.05, 0) is 36.2 Å². The molecule has 2 rings (SSSR count). The van der Waals surface area contributed by atoms with E-state index in [1.54, 1.807) is 17.7 Å². The van der Waals surface area contributed by atoms with Gasteiger partial charge in [-0.15, -0.1) is 24.0 Å². The zero-order valence-corrected chi connectivity index (χ0v) is 17.6. The molecule has 0 atom stereocenters. The number of rotatable bonds is 5. The van der Waals surface area contributed by atoms with Crippen molar-refractivity contribution in [2.24, 2.45) is 12.0 Å². The Morgan fingerprint density at radius 2 is 1.92 bits per heavy atom. The summed E-state index contributed by atoms with van der Waals surface area (Å²) in [7, 11) is 3.44. The zero-order chi connectivity index (χ0) is 17.7. The Morgan fingerprint density at radius 3 is 2.52 bits per heavy atom. The van der Waals surface area contributed by atoms with E-state index >= 15 is 0 Å². The Kier molecular flexibility index (Phi) is 8.95. The first-order valence-corrected chi connectivity index (χ1v) is 8.06. The number of aliphatic imine (C=N–C) groups is 1. The second kappa shape index (κ2) is 10.2. The van der Waals surface area contributed by atoms with Crippen molar-refractivity contribution in [1.29, 1.82) is 0 Å². The van der Waals surface area contributed by atoms with Gasteiger partial charge in [0.25, 0.3) is 0 Å². The van der Waals surface area contributed by atoms with E-state index in [-0.39, 0.29) is 24.0 Å². The Hall–Kier alpha value is -1.06. The van der Waals surface area contributed by atoms with Gasteiger partial charge in [0.15, 0.2) is 5.96 Å². The number of nitrogens with one attached hydrogen (secondary N) is 2. The molecule has 9 heteroatoms. The highest BCUT2D eigenvalue weighted by Gasteiger charge is 2.09. The number of aromatic nitrogens is 1. The molecule has 1 aromatic carbocycles. The molecule has 0 aliphatic rings. The normalized spacial score (nSPS) is 11.2. The predicted molar refractivity (Wildman–Crippen MR) is 109 cm³/mol. The fourth-order valence-corrected chi connectivity index (χ4v) is 2.62. The highest BCUT2D eigenvalue weighted by Crippen LogP contribution is 2.24. The third-order valence-corrected chi connectivity index (χ3v) is 4.41. The van der Waals surface area contributed by atoms with Gasteiger partial charge in [-0.2, -0.15) is 0 Å². The third kappa shape index (κ3) is 6.00. The maximum atomic E-state index is 13.6. The molecule has 0 aliphatic carbocycles. The van der Waals surface area contributed by atoms with Crippen molar-refractivity contribution in [3.63, 3.8) is 0 Å². The molecule has 1 aromatic heterocycles. The first-order valence-electron chi connectivity index (χ1n) is 7.30. The molecule has 0 unspecified atom stereocenters. The summed E-state index contributed by atoms with van der Waals surface area (Å²) in [6.07, 6.45) is 0.339. The summed E-state index contributed by atoms with van der Waals surface area (Å²) in [6.45, 7) is 0.881. The van der Waals surface area contributed by atoms with Gasteiger partial charge in [0.2, 0.25) is 0 Å². The average molecular weight is 503 g/mol. The Bertz CT molecular complexity index is 750. The second-order valence-corrected chi connectivity index (χ2v) is 5.94. The predicted octanol–water partition coefficient (Wildman–Crippen LogP) is 4.14. The molecule has 0 aliphatic heterocycles. The van der Waals surface area contributed by atoms with Crippen LogP contribution in [0.25, 0.3) is 0 Å². The van der Waals surface area contributed by atoms with Gasteiger partial charge < -0.3 is 15.2 Å². The van der Waals surface area contributed by atoms with E-state index < -0.39 is 11.6 Å². The van der Waals surface area contributed by atoms with Gasteiger partial charge in [-0.1, -0.05) is 23.2 Å². The fraction of sp³-hybridized carbons (Fsp3) is 0.312. The first kappa shape index (κ1) is 22.0. The molecular formula is C16H19Cl2F2IN4.